The van der Waals surface area contributed by atoms with E-state index in [1.807, 2.05) is 60.5 Å². The number of benzene rings is 2. The fourth-order valence-corrected chi connectivity index (χ4v) is 3.30. The molecule has 2 aromatic rings. The summed E-state index contributed by atoms with van der Waals surface area (Å²) in [4.78, 5) is 15.1. The van der Waals surface area contributed by atoms with E-state index >= 15 is 0 Å². The Kier molecular flexibility index (Phi) is 3.99. The molecule has 1 heterocycles. The maximum absolute atomic E-state index is 13.2. The van der Waals surface area contributed by atoms with Crippen molar-refractivity contribution in [1.29, 1.82) is 0 Å². The second kappa shape index (κ2) is 5.93. The van der Waals surface area contributed by atoms with Gasteiger partial charge in [-0.05, 0) is 57.1 Å². The molecular weight excluding hydrogens is 272 g/mol. The number of nitrogens with one attached hydrogen (secondary N) is 1. The zero-order valence-electron chi connectivity index (χ0n) is 13.2. The van der Waals surface area contributed by atoms with Crippen LogP contribution in [0, 0.1) is 0 Å². The topological polar surface area (TPSA) is 32.3 Å². The Morgan fingerprint density at radius 3 is 2.45 bits per heavy atom. The molecule has 1 aliphatic heterocycles. The quantitative estimate of drug-likeness (QED) is 0.854. The van der Waals surface area contributed by atoms with E-state index < -0.39 is 5.41 Å². The molecular formula is C19H22N2O. The molecule has 0 aliphatic carbocycles. The minimum Gasteiger partial charge on any atom is -0.320 e. The number of hydrogen-bond acceptors (Lipinski definition) is 2. The first-order valence-electron chi connectivity index (χ1n) is 7.82. The van der Waals surface area contributed by atoms with E-state index in [-0.39, 0.29) is 5.91 Å². The Labute approximate surface area is 132 Å². The summed E-state index contributed by atoms with van der Waals surface area (Å²) in [6.45, 7) is 3.00. The Balaban J connectivity index is 2.03. The van der Waals surface area contributed by atoms with E-state index in [2.05, 4.69) is 18.3 Å². The van der Waals surface area contributed by atoms with Crippen molar-refractivity contribution in [2.75, 3.05) is 18.5 Å². The van der Waals surface area contributed by atoms with Crippen molar-refractivity contribution in [1.82, 2.24) is 5.32 Å². The van der Waals surface area contributed by atoms with Gasteiger partial charge in [-0.15, -0.1) is 0 Å². The van der Waals surface area contributed by atoms with Crippen molar-refractivity contribution in [2.45, 2.75) is 25.2 Å². The molecule has 0 fully saturated rings. The lowest BCUT2D eigenvalue weighted by Crippen LogP contribution is -2.36. The van der Waals surface area contributed by atoms with Crippen LogP contribution in [0.4, 0.5) is 11.4 Å². The molecule has 0 bridgehead atoms. The van der Waals surface area contributed by atoms with Gasteiger partial charge < -0.3 is 5.32 Å². The number of rotatable bonds is 5. The monoisotopic (exact) mass is 294 g/mol. The Morgan fingerprint density at radius 2 is 1.73 bits per heavy atom. The number of carbonyl (C=O) groups is 1. The van der Waals surface area contributed by atoms with E-state index in [9.17, 15) is 4.79 Å². The molecule has 1 N–H and O–H groups in total. The number of amides is 1. The fraction of sp³-hybridized carbons (Fsp3) is 0.316. The summed E-state index contributed by atoms with van der Waals surface area (Å²) in [5.74, 6) is 0.177. The molecule has 3 rings (SSSR count). The number of hydrogen-bond donors (Lipinski definition) is 1. The van der Waals surface area contributed by atoms with Crippen molar-refractivity contribution in [3.8, 4) is 0 Å². The van der Waals surface area contributed by atoms with Crippen molar-refractivity contribution in [2.24, 2.45) is 0 Å². The minimum absolute atomic E-state index is 0.177. The Bertz CT molecular complexity index is 668. The maximum Gasteiger partial charge on any atom is 0.241 e. The first-order chi connectivity index (χ1) is 10.7. The van der Waals surface area contributed by atoms with Gasteiger partial charge >= 0.3 is 0 Å². The van der Waals surface area contributed by atoms with Crippen LogP contribution in [0.5, 0.6) is 0 Å². The van der Waals surface area contributed by atoms with E-state index in [0.717, 1.165) is 36.3 Å². The smallest absolute Gasteiger partial charge is 0.241 e. The van der Waals surface area contributed by atoms with E-state index in [4.69, 9.17) is 0 Å². The molecule has 1 aliphatic rings. The number of nitrogens with zero attached hydrogens (tertiary/aromatic N) is 1. The van der Waals surface area contributed by atoms with Crippen molar-refractivity contribution >= 4 is 17.3 Å². The van der Waals surface area contributed by atoms with Gasteiger partial charge in [-0.3, -0.25) is 9.69 Å². The second-order valence-corrected chi connectivity index (χ2v) is 6.03. The summed E-state index contributed by atoms with van der Waals surface area (Å²) in [6.07, 6.45) is 1.84. The number of anilines is 2. The zero-order chi connectivity index (χ0) is 15.6. The SMILES string of the molecule is CNCCC[C@@]1(C)C(=O)N(c2ccccc2)c2ccccc21. The highest BCUT2D eigenvalue weighted by molar-refractivity contribution is 6.12. The third-order valence-electron chi connectivity index (χ3n) is 4.53. The zero-order valence-corrected chi connectivity index (χ0v) is 13.2. The van der Waals surface area contributed by atoms with Crippen LogP contribution in [0.2, 0.25) is 0 Å². The summed E-state index contributed by atoms with van der Waals surface area (Å²) in [5, 5.41) is 3.17. The molecule has 0 aromatic heterocycles. The number of fused-ring (bicyclic) bond motifs is 1. The first kappa shape index (κ1) is 14.8. The predicted molar refractivity (Wildman–Crippen MR) is 90.5 cm³/mol. The normalized spacial score (nSPS) is 20.3. The van der Waals surface area contributed by atoms with Gasteiger partial charge in [0.2, 0.25) is 5.91 Å². The third kappa shape index (κ3) is 2.32. The summed E-state index contributed by atoms with van der Waals surface area (Å²) >= 11 is 0. The van der Waals surface area contributed by atoms with Gasteiger partial charge in [0.25, 0.3) is 0 Å². The number of carbonyl (C=O) groups excluding carboxylic acids is 1. The fourth-order valence-electron chi connectivity index (χ4n) is 3.30. The van der Waals surface area contributed by atoms with Gasteiger partial charge in [0.05, 0.1) is 11.1 Å². The molecule has 2 aromatic carbocycles. The second-order valence-electron chi connectivity index (χ2n) is 6.03. The van der Waals surface area contributed by atoms with Crippen LogP contribution in [0.25, 0.3) is 0 Å². The van der Waals surface area contributed by atoms with Gasteiger partial charge in [0.1, 0.15) is 0 Å². The highest BCUT2D eigenvalue weighted by Crippen LogP contribution is 2.47. The molecule has 22 heavy (non-hydrogen) atoms. The van der Waals surface area contributed by atoms with Crippen LogP contribution >= 0.6 is 0 Å². The van der Waals surface area contributed by atoms with Crippen molar-refractivity contribution < 1.29 is 4.79 Å². The van der Waals surface area contributed by atoms with Gasteiger partial charge in [-0.25, -0.2) is 0 Å². The average Bonchev–Trinajstić information content (AvgIpc) is 2.77. The molecule has 3 heteroatoms. The first-order valence-corrected chi connectivity index (χ1v) is 7.82. The summed E-state index contributed by atoms with van der Waals surface area (Å²) < 4.78 is 0. The van der Waals surface area contributed by atoms with Gasteiger partial charge in [0, 0.05) is 5.69 Å². The van der Waals surface area contributed by atoms with Gasteiger partial charge in [-0.2, -0.15) is 0 Å². The Hall–Kier alpha value is -2.13. The molecule has 114 valence electrons. The highest BCUT2D eigenvalue weighted by atomic mass is 16.2. The Morgan fingerprint density at radius 1 is 1.05 bits per heavy atom. The molecule has 1 atom stereocenters. The van der Waals surface area contributed by atoms with Crippen LogP contribution in [0.1, 0.15) is 25.3 Å². The maximum atomic E-state index is 13.2. The standard InChI is InChI=1S/C19H22N2O/c1-19(13-8-14-20-2)16-11-6-7-12-17(16)21(18(19)22)15-9-4-3-5-10-15/h3-7,9-12,20H,8,13-14H2,1-2H3/t19-/m1/s1. The van der Waals surface area contributed by atoms with Crippen molar-refractivity contribution in [3.63, 3.8) is 0 Å². The minimum atomic E-state index is -0.441. The molecule has 0 unspecified atom stereocenters. The lowest BCUT2D eigenvalue weighted by molar-refractivity contribution is -0.122. The lowest BCUT2D eigenvalue weighted by Gasteiger charge is -2.24. The largest absolute Gasteiger partial charge is 0.320 e. The summed E-state index contributed by atoms with van der Waals surface area (Å²) in [5.41, 5.74) is 2.66. The predicted octanol–water partition coefficient (Wildman–Crippen LogP) is 3.62. The van der Waals surface area contributed by atoms with Crippen LogP contribution < -0.4 is 10.2 Å². The molecule has 1 amide bonds. The average molecular weight is 294 g/mol. The van der Waals surface area contributed by atoms with Crippen molar-refractivity contribution in [3.05, 3.63) is 60.2 Å². The van der Waals surface area contributed by atoms with Crippen LogP contribution in [0.15, 0.2) is 54.6 Å². The summed E-state index contributed by atoms with van der Waals surface area (Å²) in [6, 6.07) is 18.1. The van der Waals surface area contributed by atoms with Crippen LogP contribution in [0.3, 0.4) is 0 Å². The van der Waals surface area contributed by atoms with Crippen LogP contribution in [-0.2, 0) is 10.2 Å². The van der Waals surface area contributed by atoms with E-state index in [1.54, 1.807) is 0 Å². The van der Waals surface area contributed by atoms with Crippen LogP contribution in [-0.4, -0.2) is 19.5 Å². The lowest BCUT2D eigenvalue weighted by atomic mass is 9.79. The molecule has 0 saturated heterocycles. The third-order valence-corrected chi connectivity index (χ3v) is 4.53. The van der Waals surface area contributed by atoms with Gasteiger partial charge in [0.15, 0.2) is 0 Å². The van der Waals surface area contributed by atoms with Gasteiger partial charge in [-0.1, -0.05) is 36.4 Å². The van der Waals surface area contributed by atoms with E-state index in [0.29, 0.717) is 0 Å². The molecule has 0 spiro atoms. The molecule has 0 radical (unpaired) electrons. The number of para-hydroxylation sites is 2. The highest BCUT2D eigenvalue weighted by Gasteiger charge is 2.47. The summed E-state index contributed by atoms with van der Waals surface area (Å²) in [7, 11) is 1.95. The van der Waals surface area contributed by atoms with E-state index in [1.165, 1.54) is 0 Å². The molecule has 3 nitrogen and oxygen atoms in total. The molecule has 0 saturated carbocycles.